The molecule has 5 nitrogen and oxygen atoms in total. The van der Waals surface area contributed by atoms with Crippen molar-refractivity contribution >= 4 is 43.8 Å². The first-order valence-electron chi connectivity index (χ1n) is 8.54. The Morgan fingerprint density at radius 2 is 1.89 bits per heavy atom. The minimum Gasteiger partial charge on any atom is -0.374 e. The Hall–Kier alpha value is -2.09. The van der Waals surface area contributed by atoms with Gasteiger partial charge in [0.2, 0.25) is 0 Å². The van der Waals surface area contributed by atoms with Gasteiger partial charge in [-0.1, -0.05) is 41.9 Å². The number of sulfonamides is 1. The Morgan fingerprint density at radius 1 is 1.11 bits per heavy atom. The highest BCUT2D eigenvalue weighted by atomic mass is 35.5. The molecule has 2 aromatic carbocycles. The molecule has 1 aliphatic carbocycles. The summed E-state index contributed by atoms with van der Waals surface area (Å²) in [6.45, 7) is 0. The first-order chi connectivity index (χ1) is 13.0. The van der Waals surface area contributed by atoms with Gasteiger partial charge in [0.15, 0.2) is 5.13 Å². The molecule has 1 heterocycles. The third kappa shape index (κ3) is 3.67. The molecule has 0 radical (unpaired) electrons. The molecule has 0 aliphatic heterocycles. The average molecular weight is 420 g/mol. The number of anilines is 2. The van der Waals surface area contributed by atoms with Gasteiger partial charge in [-0.05, 0) is 43.0 Å². The fourth-order valence-electron chi connectivity index (χ4n) is 3.24. The highest BCUT2D eigenvalue weighted by Gasteiger charge is 2.38. The molecular weight excluding hydrogens is 402 g/mol. The van der Waals surface area contributed by atoms with E-state index >= 15 is 0 Å². The van der Waals surface area contributed by atoms with Gasteiger partial charge in [-0.15, -0.1) is 11.3 Å². The minimum atomic E-state index is -3.72. The summed E-state index contributed by atoms with van der Waals surface area (Å²) in [4.78, 5) is 4.06. The molecule has 0 spiro atoms. The molecule has 4 rings (SSSR count). The lowest BCUT2D eigenvalue weighted by Gasteiger charge is -2.44. The lowest BCUT2D eigenvalue weighted by Crippen LogP contribution is -2.42. The molecule has 1 saturated carbocycles. The largest absolute Gasteiger partial charge is 0.374 e. The van der Waals surface area contributed by atoms with Crippen LogP contribution >= 0.6 is 22.9 Å². The monoisotopic (exact) mass is 419 g/mol. The molecule has 1 fully saturated rings. The van der Waals surface area contributed by atoms with Gasteiger partial charge >= 0.3 is 0 Å². The van der Waals surface area contributed by atoms with Crippen molar-refractivity contribution < 1.29 is 8.42 Å². The van der Waals surface area contributed by atoms with Crippen LogP contribution in [0.25, 0.3) is 0 Å². The zero-order valence-corrected chi connectivity index (χ0v) is 16.7. The second kappa shape index (κ2) is 7.14. The summed E-state index contributed by atoms with van der Waals surface area (Å²) in [5.41, 5.74) is 1.80. The number of aromatic nitrogens is 1. The number of nitrogens with one attached hydrogen (secondary N) is 2. The first kappa shape index (κ1) is 18.3. The second-order valence-corrected chi connectivity index (χ2v) is 9.50. The number of benzene rings is 2. The van der Waals surface area contributed by atoms with E-state index < -0.39 is 10.0 Å². The lowest BCUT2D eigenvalue weighted by atomic mass is 9.71. The zero-order valence-electron chi connectivity index (χ0n) is 14.4. The van der Waals surface area contributed by atoms with Gasteiger partial charge in [0.1, 0.15) is 0 Å². The van der Waals surface area contributed by atoms with Crippen LogP contribution in [-0.4, -0.2) is 13.4 Å². The van der Waals surface area contributed by atoms with Crippen molar-refractivity contribution in [3.63, 3.8) is 0 Å². The van der Waals surface area contributed by atoms with E-state index in [9.17, 15) is 8.42 Å². The van der Waals surface area contributed by atoms with E-state index in [1.165, 1.54) is 23.0 Å². The van der Waals surface area contributed by atoms with Crippen molar-refractivity contribution in [3.05, 3.63) is 70.7 Å². The van der Waals surface area contributed by atoms with Gasteiger partial charge in [0.25, 0.3) is 10.0 Å². The van der Waals surface area contributed by atoms with Crippen molar-refractivity contribution in [2.75, 3.05) is 10.0 Å². The fourth-order valence-corrected chi connectivity index (χ4v) is 5.35. The van der Waals surface area contributed by atoms with Crippen LogP contribution in [0.4, 0.5) is 10.8 Å². The van der Waals surface area contributed by atoms with Crippen molar-refractivity contribution in [1.82, 2.24) is 4.98 Å². The van der Waals surface area contributed by atoms with E-state index in [0.29, 0.717) is 10.2 Å². The molecule has 0 saturated heterocycles. The minimum absolute atomic E-state index is 0.107. The van der Waals surface area contributed by atoms with Gasteiger partial charge in [0, 0.05) is 11.6 Å². The summed E-state index contributed by atoms with van der Waals surface area (Å²) < 4.78 is 27.5. The number of hydrogen-bond donors (Lipinski definition) is 2. The van der Waals surface area contributed by atoms with Gasteiger partial charge in [-0.2, -0.15) is 0 Å². The van der Waals surface area contributed by atoms with Crippen LogP contribution in [0.5, 0.6) is 0 Å². The predicted octanol–water partition coefficient (Wildman–Crippen LogP) is 5.09. The summed E-state index contributed by atoms with van der Waals surface area (Å²) in [6, 6.07) is 15.0. The molecule has 8 heteroatoms. The Labute approximate surface area is 167 Å². The number of halogens is 1. The second-order valence-electron chi connectivity index (χ2n) is 6.51. The number of rotatable bonds is 6. The van der Waals surface area contributed by atoms with E-state index in [1.54, 1.807) is 23.7 Å². The predicted molar refractivity (Wildman–Crippen MR) is 110 cm³/mol. The van der Waals surface area contributed by atoms with E-state index in [-0.39, 0.29) is 10.4 Å². The van der Waals surface area contributed by atoms with E-state index in [2.05, 4.69) is 27.2 Å². The third-order valence-electron chi connectivity index (χ3n) is 4.81. The van der Waals surface area contributed by atoms with Crippen LogP contribution in [0.15, 0.2) is 65.0 Å². The molecule has 0 bridgehead atoms. The highest BCUT2D eigenvalue weighted by Crippen LogP contribution is 2.45. The van der Waals surface area contributed by atoms with Gasteiger partial charge in [0.05, 0.1) is 21.1 Å². The van der Waals surface area contributed by atoms with Crippen LogP contribution < -0.4 is 10.0 Å². The summed E-state index contributed by atoms with van der Waals surface area (Å²) >= 11 is 7.65. The molecule has 1 aromatic heterocycles. The SMILES string of the molecule is O=S(=O)(Nc1nccs1)c1ccc(NC2(c3ccccc3)CCC2)c(Cl)c1. The Balaban J connectivity index is 1.59. The van der Waals surface area contributed by atoms with Crippen LogP contribution in [0, 0.1) is 0 Å². The Morgan fingerprint density at radius 3 is 2.48 bits per heavy atom. The highest BCUT2D eigenvalue weighted by molar-refractivity contribution is 7.93. The summed E-state index contributed by atoms with van der Waals surface area (Å²) in [5.74, 6) is 0. The van der Waals surface area contributed by atoms with Gasteiger partial charge in [-0.3, -0.25) is 4.72 Å². The van der Waals surface area contributed by atoms with Crippen LogP contribution in [-0.2, 0) is 15.6 Å². The molecule has 140 valence electrons. The van der Waals surface area contributed by atoms with E-state index in [0.717, 1.165) is 24.9 Å². The van der Waals surface area contributed by atoms with Crippen molar-refractivity contribution in [2.24, 2.45) is 0 Å². The van der Waals surface area contributed by atoms with Crippen LogP contribution in [0.1, 0.15) is 24.8 Å². The number of thiazole rings is 1. The van der Waals surface area contributed by atoms with Crippen molar-refractivity contribution in [2.45, 2.75) is 29.7 Å². The molecule has 2 N–H and O–H groups in total. The molecule has 0 amide bonds. The van der Waals surface area contributed by atoms with Crippen LogP contribution in [0.2, 0.25) is 5.02 Å². The first-order valence-corrected chi connectivity index (χ1v) is 11.3. The topological polar surface area (TPSA) is 71.1 Å². The smallest absolute Gasteiger partial charge is 0.263 e. The van der Waals surface area contributed by atoms with Gasteiger partial charge < -0.3 is 5.32 Å². The lowest BCUT2D eigenvalue weighted by molar-refractivity contribution is 0.284. The molecule has 0 atom stereocenters. The summed E-state index contributed by atoms with van der Waals surface area (Å²) in [6.07, 6.45) is 4.71. The van der Waals surface area contributed by atoms with Crippen molar-refractivity contribution in [1.29, 1.82) is 0 Å². The van der Waals surface area contributed by atoms with E-state index in [1.807, 2.05) is 18.2 Å². The maximum atomic E-state index is 12.5. The zero-order chi connectivity index (χ0) is 18.9. The standard InChI is InChI=1S/C19H18ClN3O2S2/c20-16-13-15(27(24,25)23-18-21-11-12-26-18)7-8-17(16)22-19(9-4-10-19)14-5-2-1-3-6-14/h1-3,5-8,11-13,22H,4,9-10H2,(H,21,23). The Kier molecular flexibility index (Phi) is 4.84. The number of nitrogens with zero attached hydrogens (tertiary/aromatic N) is 1. The van der Waals surface area contributed by atoms with Crippen LogP contribution in [0.3, 0.4) is 0 Å². The normalized spacial score (nSPS) is 15.7. The summed E-state index contributed by atoms with van der Waals surface area (Å²) in [7, 11) is -3.72. The molecule has 1 aliphatic rings. The van der Waals surface area contributed by atoms with Gasteiger partial charge in [-0.25, -0.2) is 13.4 Å². The van der Waals surface area contributed by atoms with E-state index in [4.69, 9.17) is 11.6 Å². The van der Waals surface area contributed by atoms with Crippen molar-refractivity contribution in [3.8, 4) is 0 Å². The maximum absolute atomic E-state index is 12.5. The molecule has 27 heavy (non-hydrogen) atoms. The molecular formula is C19H18ClN3O2S2. The average Bonchev–Trinajstić information content (AvgIpc) is 3.12. The molecule has 3 aromatic rings. The summed E-state index contributed by atoms with van der Waals surface area (Å²) in [5, 5.41) is 5.95. The number of hydrogen-bond acceptors (Lipinski definition) is 5. The quantitative estimate of drug-likeness (QED) is 0.583. The molecule has 0 unspecified atom stereocenters. The Bertz CT molecular complexity index is 1030. The maximum Gasteiger partial charge on any atom is 0.263 e. The third-order valence-corrected chi connectivity index (χ3v) is 7.28. The fraction of sp³-hybridized carbons (Fsp3) is 0.211.